The number of rotatable bonds is 0. The van der Waals surface area contributed by atoms with Gasteiger partial charge in [-0.1, -0.05) is 6.92 Å². The van der Waals surface area contributed by atoms with Crippen molar-refractivity contribution >= 4 is 0 Å². The fourth-order valence-electron chi connectivity index (χ4n) is 1.99. The maximum absolute atomic E-state index is 6.05. The Hall–Kier alpha value is -0.830. The minimum absolute atomic E-state index is 0.202. The first-order chi connectivity index (χ1) is 5.61. The minimum Gasteiger partial charge on any atom is -0.324 e. The molecule has 2 N–H and O–H groups in total. The molecule has 2 rings (SSSR count). The Balaban J connectivity index is 2.53. The summed E-state index contributed by atoms with van der Waals surface area (Å²) in [7, 11) is 1.98. The predicted octanol–water partition coefficient (Wildman–Crippen LogP) is 0.921. The van der Waals surface area contributed by atoms with Crippen LogP contribution in [0.5, 0.6) is 0 Å². The van der Waals surface area contributed by atoms with E-state index in [2.05, 4.69) is 18.9 Å². The molecule has 1 aliphatic rings. The van der Waals surface area contributed by atoms with Gasteiger partial charge in [0.15, 0.2) is 0 Å². The summed E-state index contributed by atoms with van der Waals surface area (Å²) in [5.41, 5.74) is 9.76. The highest BCUT2D eigenvalue weighted by atomic mass is 15.3. The summed E-state index contributed by atoms with van der Waals surface area (Å²) < 4.78 is 1.93. The highest BCUT2D eigenvalue weighted by Gasteiger charge is 2.31. The third-order valence-electron chi connectivity index (χ3n) is 2.92. The van der Waals surface area contributed by atoms with Crippen LogP contribution in [0.3, 0.4) is 0 Å². The van der Waals surface area contributed by atoms with Gasteiger partial charge in [0.25, 0.3) is 0 Å². The van der Waals surface area contributed by atoms with E-state index in [0.717, 1.165) is 6.42 Å². The Labute approximate surface area is 72.6 Å². The normalized spacial score (nSPS) is 27.7. The van der Waals surface area contributed by atoms with Gasteiger partial charge in [0.1, 0.15) is 0 Å². The van der Waals surface area contributed by atoms with E-state index in [4.69, 9.17) is 5.73 Å². The maximum Gasteiger partial charge on any atom is 0.0678 e. The number of aromatic nitrogens is 2. The van der Waals surface area contributed by atoms with E-state index in [1.165, 1.54) is 17.0 Å². The van der Waals surface area contributed by atoms with Crippen LogP contribution in [-0.4, -0.2) is 9.78 Å². The van der Waals surface area contributed by atoms with E-state index in [-0.39, 0.29) is 6.04 Å². The van der Waals surface area contributed by atoms with Crippen LogP contribution in [0.1, 0.15) is 29.9 Å². The Kier molecular flexibility index (Phi) is 1.51. The molecule has 3 heteroatoms. The van der Waals surface area contributed by atoms with Gasteiger partial charge in [-0.25, -0.2) is 0 Å². The Morgan fingerprint density at radius 2 is 2.25 bits per heavy atom. The molecular weight excluding hydrogens is 150 g/mol. The first kappa shape index (κ1) is 7.80. The minimum atomic E-state index is 0.202. The second-order valence-corrected chi connectivity index (χ2v) is 3.78. The first-order valence-electron chi connectivity index (χ1n) is 4.39. The summed E-state index contributed by atoms with van der Waals surface area (Å²) in [4.78, 5) is 0. The van der Waals surface area contributed by atoms with Gasteiger partial charge in [0.2, 0.25) is 0 Å². The van der Waals surface area contributed by atoms with Gasteiger partial charge >= 0.3 is 0 Å². The molecule has 0 radical (unpaired) electrons. The number of nitrogens with two attached hydrogens (primary N) is 1. The molecule has 1 aromatic rings. The van der Waals surface area contributed by atoms with Gasteiger partial charge in [-0.15, -0.1) is 0 Å². The van der Waals surface area contributed by atoms with Crippen molar-refractivity contribution in [2.75, 3.05) is 0 Å². The molecule has 0 amide bonds. The molecule has 0 aromatic carbocycles. The lowest BCUT2D eigenvalue weighted by Crippen LogP contribution is -2.15. The van der Waals surface area contributed by atoms with Crippen LogP contribution < -0.4 is 5.73 Å². The maximum atomic E-state index is 6.05. The molecule has 3 nitrogen and oxygen atoms in total. The largest absolute Gasteiger partial charge is 0.324 e. The molecule has 0 saturated heterocycles. The summed E-state index contributed by atoms with van der Waals surface area (Å²) in [5.74, 6) is 0.558. The van der Waals surface area contributed by atoms with Gasteiger partial charge in [-0.2, -0.15) is 5.10 Å². The summed E-state index contributed by atoms with van der Waals surface area (Å²) >= 11 is 0. The van der Waals surface area contributed by atoms with E-state index >= 15 is 0 Å². The van der Waals surface area contributed by atoms with E-state index in [0.29, 0.717) is 5.92 Å². The van der Waals surface area contributed by atoms with E-state index in [9.17, 15) is 0 Å². The van der Waals surface area contributed by atoms with Crippen molar-refractivity contribution in [1.82, 2.24) is 9.78 Å². The summed E-state index contributed by atoms with van der Waals surface area (Å²) in [6.45, 7) is 4.27. The standard InChI is InChI=1S/C9H15N3/c1-5-4-7-8(9(5)10)6(2)12(3)11-7/h5,9H,4,10H2,1-3H3. The molecular formula is C9H15N3. The zero-order valence-electron chi connectivity index (χ0n) is 7.83. The van der Waals surface area contributed by atoms with Crippen LogP contribution in [0.2, 0.25) is 0 Å². The lowest BCUT2D eigenvalue weighted by atomic mass is 10.0. The number of aryl methyl sites for hydroxylation is 1. The number of hydrogen-bond donors (Lipinski definition) is 1. The Bertz CT molecular complexity index is 314. The van der Waals surface area contributed by atoms with Crippen molar-refractivity contribution in [2.24, 2.45) is 18.7 Å². The quantitative estimate of drug-likeness (QED) is 0.621. The zero-order valence-corrected chi connectivity index (χ0v) is 7.83. The molecule has 0 spiro atoms. The highest BCUT2D eigenvalue weighted by Crippen LogP contribution is 2.35. The van der Waals surface area contributed by atoms with Crippen LogP contribution in [0.15, 0.2) is 0 Å². The lowest BCUT2D eigenvalue weighted by molar-refractivity contribution is 0.499. The van der Waals surface area contributed by atoms with Gasteiger partial charge in [0, 0.05) is 24.3 Å². The summed E-state index contributed by atoms with van der Waals surface area (Å²) in [6, 6.07) is 0.202. The average Bonchev–Trinajstić information content (AvgIpc) is 2.40. The monoisotopic (exact) mass is 165 g/mol. The fourth-order valence-corrected chi connectivity index (χ4v) is 1.99. The molecule has 0 saturated carbocycles. The van der Waals surface area contributed by atoms with E-state index in [1.807, 2.05) is 11.7 Å². The molecule has 0 aliphatic heterocycles. The summed E-state index contributed by atoms with van der Waals surface area (Å²) in [5, 5.41) is 4.43. The number of fused-ring (bicyclic) bond motifs is 1. The van der Waals surface area contributed by atoms with Crippen molar-refractivity contribution < 1.29 is 0 Å². The van der Waals surface area contributed by atoms with Crippen molar-refractivity contribution in [2.45, 2.75) is 26.3 Å². The van der Waals surface area contributed by atoms with Gasteiger partial charge in [-0.05, 0) is 19.3 Å². The van der Waals surface area contributed by atoms with Crippen LogP contribution in [-0.2, 0) is 13.5 Å². The topological polar surface area (TPSA) is 43.8 Å². The van der Waals surface area contributed by atoms with Crippen LogP contribution in [0.25, 0.3) is 0 Å². The van der Waals surface area contributed by atoms with E-state index in [1.54, 1.807) is 0 Å². The first-order valence-corrected chi connectivity index (χ1v) is 4.39. The third-order valence-corrected chi connectivity index (χ3v) is 2.92. The predicted molar refractivity (Wildman–Crippen MR) is 47.7 cm³/mol. The van der Waals surface area contributed by atoms with Crippen LogP contribution in [0.4, 0.5) is 0 Å². The number of hydrogen-bond acceptors (Lipinski definition) is 2. The highest BCUT2D eigenvalue weighted by molar-refractivity contribution is 5.34. The molecule has 12 heavy (non-hydrogen) atoms. The number of nitrogens with zero attached hydrogens (tertiary/aromatic N) is 2. The van der Waals surface area contributed by atoms with Crippen LogP contribution >= 0.6 is 0 Å². The van der Waals surface area contributed by atoms with Gasteiger partial charge in [0.05, 0.1) is 5.69 Å². The molecule has 2 unspecified atom stereocenters. The van der Waals surface area contributed by atoms with Gasteiger partial charge in [-0.3, -0.25) is 4.68 Å². The second kappa shape index (κ2) is 2.33. The van der Waals surface area contributed by atoms with Crippen molar-refractivity contribution in [1.29, 1.82) is 0 Å². The Morgan fingerprint density at radius 3 is 2.83 bits per heavy atom. The van der Waals surface area contributed by atoms with Crippen molar-refractivity contribution in [3.63, 3.8) is 0 Å². The molecule has 0 bridgehead atoms. The Morgan fingerprint density at radius 1 is 1.58 bits per heavy atom. The van der Waals surface area contributed by atoms with Crippen molar-refractivity contribution in [3.8, 4) is 0 Å². The molecule has 1 heterocycles. The lowest BCUT2D eigenvalue weighted by Gasteiger charge is -2.10. The molecule has 2 atom stereocenters. The third kappa shape index (κ3) is 0.829. The zero-order chi connectivity index (χ0) is 8.88. The molecule has 1 aromatic heterocycles. The second-order valence-electron chi connectivity index (χ2n) is 3.78. The molecule has 1 aliphatic carbocycles. The van der Waals surface area contributed by atoms with Gasteiger partial charge < -0.3 is 5.73 Å². The SMILES string of the molecule is Cc1c2c(nn1C)CC(C)C2N. The average molecular weight is 165 g/mol. The molecule has 0 fully saturated rings. The molecule has 66 valence electrons. The van der Waals surface area contributed by atoms with E-state index < -0.39 is 0 Å². The smallest absolute Gasteiger partial charge is 0.0678 e. The van der Waals surface area contributed by atoms with Crippen molar-refractivity contribution in [3.05, 3.63) is 17.0 Å². The summed E-state index contributed by atoms with van der Waals surface area (Å²) in [6.07, 6.45) is 1.04. The fraction of sp³-hybridized carbons (Fsp3) is 0.667. The van der Waals surface area contributed by atoms with Crippen LogP contribution in [0, 0.1) is 12.8 Å².